The van der Waals surface area contributed by atoms with Crippen LogP contribution in [0.25, 0.3) is 0 Å². The lowest BCUT2D eigenvalue weighted by molar-refractivity contribution is 0.147. The van der Waals surface area contributed by atoms with Gasteiger partial charge in [0.15, 0.2) is 0 Å². The maximum absolute atomic E-state index is 12.2. The van der Waals surface area contributed by atoms with Crippen LogP contribution in [-0.2, 0) is 6.54 Å². The molecule has 0 aromatic heterocycles. The van der Waals surface area contributed by atoms with Gasteiger partial charge in [0.05, 0.1) is 0 Å². The van der Waals surface area contributed by atoms with E-state index in [0.717, 1.165) is 6.54 Å². The van der Waals surface area contributed by atoms with Gasteiger partial charge in [-0.1, -0.05) is 30.3 Å². The van der Waals surface area contributed by atoms with Gasteiger partial charge in [0.1, 0.15) is 0 Å². The van der Waals surface area contributed by atoms with Gasteiger partial charge in [-0.05, 0) is 26.3 Å². The number of urea groups is 1. The molecule has 3 nitrogen and oxygen atoms in total. The van der Waals surface area contributed by atoms with Crippen LogP contribution in [0.4, 0.5) is 4.79 Å². The molecule has 0 saturated heterocycles. The van der Waals surface area contributed by atoms with Crippen molar-refractivity contribution in [3.8, 4) is 0 Å². The fourth-order valence-corrected chi connectivity index (χ4v) is 1.61. The third kappa shape index (κ3) is 3.77. The highest BCUT2D eigenvalue weighted by molar-refractivity contribution is 5.74. The molecular weight excluding hydrogens is 212 g/mol. The van der Waals surface area contributed by atoms with E-state index < -0.39 is 0 Å². The van der Waals surface area contributed by atoms with Crippen molar-refractivity contribution in [2.45, 2.75) is 33.4 Å². The molecule has 1 aromatic rings. The zero-order valence-corrected chi connectivity index (χ0v) is 11.2. The number of nitrogens with zero attached hydrogens (tertiary/aromatic N) is 2. The molecule has 0 radical (unpaired) electrons. The lowest BCUT2D eigenvalue weighted by Crippen LogP contribution is -2.44. The van der Waals surface area contributed by atoms with Crippen molar-refractivity contribution in [2.75, 3.05) is 13.6 Å². The number of hydrogen-bond donors (Lipinski definition) is 0. The largest absolute Gasteiger partial charge is 0.328 e. The smallest absolute Gasteiger partial charge is 0.320 e. The SMILES string of the molecule is CCN(C)C(=O)N(Cc1ccccc1)C(C)C. The van der Waals surface area contributed by atoms with Gasteiger partial charge in [-0.25, -0.2) is 4.79 Å². The fraction of sp³-hybridized carbons (Fsp3) is 0.500. The van der Waals surface area contributed by atoms with Crippen LogP contribution in [0, 0.1) is 0 Å². The van der Waals surface area contributed by atoms with Crippen LogP contribution in [0.1, 0.15) is 26.3 Å². The van der Waals surface area contributed by atoms with E-state index in [2.05, 4.69) is 12.1 Å². The number of amides is 2. The van der Waals surface area contributed by atoms with Gasteiger partial charge in [-0.3, -0.25) is 0 Å². The van der Waals surface area contributed by atoms with Crippen molar-refractivity contribution < 1.29 is 4.79 Å². The van der Waals surface area contributed by atoms with Crippen LogP contribution in [0.15, 0.2) is 30.3 Å². The first kappa shape index (κ1) is 13.6. The molecule has 17 heavy (non-hydrogen) atoms. The first-order valence-corrected chi connectivity index (χ1v) is 6.12. The summed E-state index contributed by atoms with van der Waals surface area (Å²) in [6, 6.07) is 10.4. The monoisotopic (exact) mass is 234 g/mol. The number of carbonyl (C=O) groups is 1. The predicted octanol–water partition coefficient (Wildman–Crippen LogP) is 2.97. The summed E-state index contributed by atoms with van der Waals surface area (Å²) < 4.78 is 0. The Morgan fingerprint density at radius 2 is 1.82 bits per heavy atom. The van der Waals surface area contributed by atoms with Crippen LogP contribution in [0.3, 0.4) is 0 Å². The molecule has 0 N–H and O–H groups in total. The van der Waals surface area contributed by atoms with Crippen molar-refractivity contribution in [2.24, 2.45) is 0 Å². The first-order valence-electron chi connectivity index (χ1n) is 6.12. The molecule has 0 heterocycles. The van der Waals surface area contributed by atoms with E-state index in [1.54, 1.807) is 4.90 Å². The molecule has 0 aliphatic carbocycles. The Hall–Kier alpha value is -1.51. The molecule has 3 heteroatoms. The minimum atomic E-state index is 0.0892. The summed E-state index contributed by atoms with van der Waals surface area (Å²) in [5.74, 6) is 0. The fourth-order valence-electron chi connectivity index (χ4n) is 1.61. The van der Waals surface area contributed by atoms with E-state index in [4.69, 9.17) is 0 Å². The second-order valence-corrected chi connectivity index (χ2v) is 4.50. The molecule has 0 bridgehead atoms. The van der Waals surface area contributed by atoms with E-state index in [1.807, 2.05) is 50.9 Å². The summed E-state index contributed by atoms with van der Waals surface area (Å²) in [6.45, 7) is 7.48. The van der Waals surface area contributed by atoms with Crippen LogP contribution in [0.5, 0.6) is 0 Å². The Morgan fingerprint density at radius 1 is 1.24 bits per heavy atom. The summed E-state index contributed by atoms with van der Waals surface area (Å²) in [6.07, 6.45) is 0. The van der Waals surface area contributed by atoms with Gasteiger partial charge in [0.25, 0.3) is 0 Å². The summed E-state index contributed by atoms with van der Waals surface area (Å²) in [7, 11) is 1.84. The first-order chi connectivity index (χ1) is 8.06. The van der Waals surface area contributed by atoms with E-state index in [1.165, 1.54) is 5.56 Å². The van der Waals surface area contributed by atoms with Gasteiger partial charge >= 0.3 is 6.03 Å². The molecule has 2 amide bonds. The molecule has 0 atom stereocenters. The number of hydrogen-bond acceptors (Lipinski definition) is 1. The Balaban J connectivity index is 2.77. The molecule has 0 spiro atoms. The summed E-state index contributed by atoms with van der Waals surface area (Å²) >= 11 is 0. The van der Waals surface area contributed by atoms with E-state index in [0.29, 0.717) is 6.54 Å². The van der Waals surface area contributed by atoms with Gasteiger partial charge in [-0.15, -0.1) is 0 Å². The Morgan fingerprint density at radius 3 is 2.29 bits per heavy atom. The standard InChI is InChI=1S/C14H22N2O/c1-5-15(4)14(17)16(12(2)3)11-13-9-7-6-8-10-13/h6-10,12H,5,11H2,1-4H3. The van der Waals surface area contributed by atoms with Gasteiger partial charge in [-0.2, -0.15) is 0 Å². The van der Waals surface area contributed by atoms with Gasteiger partial charge in [0, 0.05) is 26.2 Å². The highest BCUT2D eigenvalue weighted by atomic mass is 16.2. The van der Waals surface area contributed by atoms with Gasteiger partial charge < -0.3 is 9.80 Å². The van der Waals surface area contributed by atoms with Gasteiger partial charge in [0.2, 0.25) is 0 Å². The zero-order valence-electron chi connectivity index (χ0n) is 11.2. The molecular formula is C14H22N2O. The maximum Gasteiger partial charge on any atom is 0.320 e. The summed E-state index contributed by atoms with van der Waals surface area (Å²) in [4.78, 5) is 15.8. The maximum atomic E-state index is 12.2. The van der Waals surface area contributed by atoms with Crippen molar-refractivity contribution >= 4 is 6.03 Å². The van der Waals surface area contributed by atoms with Crippen molar-refractivity contribution in [3.05, 3.63) is 35.9 Å². The lowest BCUT2D eigenvalue weighted by atomic mass is 10.2. The van der Waals surface area contributed by atoms with Crippen LogP contribution < -0.4 is 0 Å². The van der Waals surface area contributed by atoms with Crippen molar-refractivity contribution in [1.82, 2.24) is 9.80 Å². The van der Waals surface area contributed by atoms with Crippen molar-refractivity contribution in [3.63, 3.8) is 0 Å². The van der Waals surface area contributed by atoms with E-state index in [9.17, 15) is 4.79 Å². The molecule has 0 saturated carbocycles. The highest BCUT2D eigenvalue weighted by Crippen LogP contribution is 2.10. The second kappa shape index (κ2) is 6.28. The van der Waals surface area contributed by atoms with E-state index in [-0.39, 0.29) is 12.1 Å². The number of carbonyl (C=O) groups excluding carboxylic acids is 1. The second-order valence-electron chi connectivity index (χ2n) is 4.50. The average molecular weight is 234 g/mol. The van der Waals surface area contributed by atoms with Crippen LogP contribution in [-0.4, -0.2) is 35.5 Å². The molecule has 0 unspecified atom stereocenters. The molecule has 1 aromatic carbocycles. The Labute approximate surface area is 104 Å². The highest BCUT2D eigenvalue weighted by Gasteiger charge is 2.19. The normalized spacial score (nSPS) is 10.4. The Bertz CT molecular complexity index is 348. The summed E-state index contributed by atoms with van der Waals surface area (Å²) in [5.41, 5.74) is 1.17. The average Bonchev–Trinajstić information content (AvgIpc) is 2.35. The quantitative estimate of drug-likeness (QED) is 0.785. The third-order valence-electron chi connectivity index (χ3n) is 2.87. The third-order valence-corrected chi connectivity index (χ3v) is 2.87. The van der Waals surface area contributed by atoms with Crippen LogP contribution in [0.2, 0.25) is 0 Å². The molecule has 0 fully saturated rings. The minimum Gasteiger partial charge on any atom is -0.328 e. The predicted molar refractivity (Wildman–Crippen MR) is 70.8 cm³/mol. The molecule has 94 valence electrons. The number of rotatable bonds is 4. The zero-order chi connectivity index (χ0) is 12.8. The van der Waals surface area contributed by atoms with Crippen molar-refractivity contribution in [1.29, 1.82) is 0 Å². The van der Waals surface area contributed by atoms with Crippen LogP contribution >= 0.6 is 0 Å². The Kier molecular flexibility index (Phi) is 5.01. The number of benzene rings is 1. The molecule has 0 aliphatic heterocycles. The minimum absolute atomic E-state index is 0.0892. The topological polar surface area (TPSA) is 23.6 Å². The summed E-state index contributed by atoms with van der Waals surface area (Å²) in [5, 5.41) is 0. The lowest BCUT2D eigenvalue weighted by Gasteiger charge is -2.31. The molecule has 0 aliphatic rings. The van der Waals surface area contributed by atoms with E-state index >= 15 is 0 Å². The molecule has 1 rings (SSSR count).